The lowest BCUT2D eigenvalue weighted by molar-refractivity contribution is -0.138. The predicted octanol–water partition coefficient (Wildman–Crippen LogP) is 4.45. The second kappa shape index (κ2) is 9.76. The Kier molecular flexibility index (Phi) is 6.59. The van der Waals surface area contributed by atoms with E-state index in [1.165, 1.54) is 37.3 Å². The number of benzene rings is 2. The van der Waals surface area contributed by atoms with Crippen molar-refractivity contribution in [3.05, 3.63) is 93.4 Å². The topological polar surface area (TPSA) is 103 Å². The molecular formula is C26H22FN3O5. The standard InChI is InChI=1S/C26H22FN3O5/c1-15-22(16(2)30(29-15)21-7-4-19(27)5-8-21)10-11-25(32)34-14-18-12-26(33)35-24-13-20(28-17(3)31)6-9-23(18)24/h4-13H,14H2,1-3H3,(H,28,31). The molecule has 0 aliphatic heterocycles. The Balaban J connectivity index is 1.50. The van der Waals surface area contributed by atoms with Crippen LogP contribution in [0.25, 0.3) is 22.7 Å². The summed E-state index contributed by atoms with van der Waals surface area (Å²) in [6.07, 6.45) is 2.89. The fourth-order valence-corrected chi connectivity index (χ4v) is 3.71. The SMILES string of the molecule is CC(=O)Nc1ccc2c(COC(=O)C=Cc3c(C)nn(-c4ccc(F)cc4)c3C)cc(=O)oc2c1. The number of carbonyl (C=O) groups is 2. The van der Waals surface area contributed by atoms with Gasteiger partial charge in [-0.3, -0.25) is 4.79 Å². The van der Waals surface area contributed by atoms with Crippen molar-refractivity contribution in [3.8, 4) is 5.69 Å². The van der Waals surface area contributed by atoms with E-state index < -0.39 is 11.6 Å². The first-order valence-corrected chi connectivity index (χ1v) is 10.7. The third kappa shape index (κ3) is 5.35. The van der Waals surface area contributed by atoms with Gasteiger partial charge in [0.25, 0.3) is 0 Å². The molecule has 178 valence electrons. The van der Waals surface area contributed by atoms with Gasteiger partial charge in [-0.25, -0.2) is 18.7 Å². The van der Waals surface area contributed by atoms with Crippen LogP contribution in [-0.2, 0) is 20.9 Å². The van der Waals surface area contributed by atoms with Crippen LogP contribution in [0.1, 0.15) is 29.4 Å². The number of fused-ring (bicyclic) bond motifs is 1. The summed E-state index contributed by atoms with van der Waals surface area (Å²) in [4.78, 5) is 35.6. The van der Waals surface area contributed by atoms with Crippen molar-refractivity contribution in [2.24, 2.45) is 0 Å². The molecule has 0 bridgehead atoms. The quantitative estimate of drug-likeness (QED) is 0.251. The highest BCUT2D eigenvalue weighted by molar-refractivity contribution is 5.92. The molecule has 4 aromatic rings. The van der Waals surface area contributed by atoms with E-state index in [1.54, 1.807) is 35.0 Å². The molecule has 1 N–H and O–H groups in total. The zero-order valence-electron chi connectivity index (χ0n) is 19.3. The molecule has 0 radical (unpaired) electrons. The molecule has 0 unspecified atom stereocenters. The van der Waals surface area contributed by atoms with E-state index in [0.717, 1.165) is 11.3 Å². The highest BCUT2D eigenvalue weighted by atomic mass is 19.1. The molecule has 9 heteroatoms. The van der Waals surface area contributed by atoms with E-state index in [9.17, 15) is 18.8 Å². The lowest BCUT2D eigenvalue weighted by atomic mass is 10.1. The van der Waals surface area contributed by atoms with Crippen LogP contribution >= 0.6 is 0 Å². The first-order chi connectivity index (χ1) is 16.7. The molecule has 0 atom stereocenters. The van der Waals surface area contributed by atoms with Crippen molar-refractivity contribution in [1.82, 2.24) is 9.78 Å². The second-order valence-electron chi connectivity index (χ2n) is 7.90. The van der Waals surface area contributed by atoms with Gasteiger partial charge in [-0.2, -0.15) is 5.10 Å². The van der Waals surface area contributed by atoms with E-state index >= 15 is 0 Å². The summed E-state index contributed by atoms with van der Waals surface area (Å²) in [5.41, 5.74) is 3.54. The number of carbonyl (C=O) groups excluding carboxylic acids is 2. The number of nitrogens with zero attached hydrogens (tertiary/aromatic N) is 2. The molecule has 2 aromatic carbocycles. The highest BCUT2D eigenvalue weighted by Crippen LogP contribution is 2.23. The van der Waals surface area contributed by atoms with Crippen LogP contribution in [-0.4, -0.2) is 21.7 Å². The molecular weight excluding hydrogens is 453 g/mol. The molecule has 35 heavy (non-hydrogen) atoms. The minimum Gasteiger partial charge on any atom is -0.458 e. The third-order valence-electron chi connectivity index (χ3n) is 5.33. The molecule has 1 amide bonds. The monoisotopic (exact) mass is 475 g/mol. The summed E-state index contributed by atoms with van der Waals surface area (Å²) < 4.78 is 25.5. The van der Waals surface area contributed by atoms with Gasteiger partial charge in [-0.05, 0) is 56.3 Å². The minimum absolute atomic E-state index is 0.141. The number of ether oxygens (including phenoxy) is 1. The number of esters is 1. The van der Waals surface area contributed by atoms with E-state index in [2.05, 4.69) is 10.4 Å². The third-order valence-corrected chi connectivity index (χ3v) is 5.33. The molecule has 0 spiro atoms. The van der Waals surface area contributed by atoms with E-state index in [-0.39, 0.29) is 23.9 Å². The predicted molar refractivity (Wildman–Crippen MR) is 129 cm³/mol. The highest BCUT2D eigenvalue weighted by Gasteiger charge is 2.12. The lowest BCUT2D eigenvalue weighted by Gasteiger charge is -2.08. The van der Waals surface area contributed by atoms with Gasteiger partial charge >= 0.3 is 11.6 Å². The fraction of sp³-hybridized carbons (Fsp3) is 0.154. The number of hydrogen-bond donors (Lipinski definition) is 1. The van der Waals surface area contributed by atoms with E-state index in [0.29, 0.717) is 28.0 Å². The van der Waals surface area contributed by atoms with Crippen LogP contribution in [0.4, 0.5) is 10.1 Å². The average Bonchev–Trinajstić information content (AvgIpc) is 3.09. The van der Waals surface area contributed by atoms with Crippen molar-refractivity contribution in [2.45, 2.75) is 27.4 Å². The maximum Gasteiger partial charge on any atom is 0.336 e. The number of aryl methyl sites for hydroxylation is 1. The molecule has 0 saturated carbocycles. The fourth-order valence-electron chi connectivity index (χ4n) is 3.71. The van der Waals surface area contributed by atoms with Gasteiger partial charge in [0.2, 0.25) is 5.91 Å². The summed E-state index contributed by atoms with van der Waals surface area (Å²) in [5, 5.41) is 7.68. The van der Waals surface area contributed by atoms with Crippen LogP contribution in [0.5, 0.6) is 0 Å². The van der Waals surface area contributed by atoms with Crippen molar-refractivity contribution >= 4 is 34.6 Å². The van der Waals surface area contributed by atoms with Gasteiger partial charge in [0.15, 0.2) is 0 Å². The number of anilines is 1. The molecule has 0 aliphatic rings. The first-order valence-electron chi connectivity index (χ1n) is 10.7. The van der Waals surface area contributed by atoms with Gasteiger partial charge in [0, 0.05) is 53.0 Å². The molecule has 8 nitrogen and oxygen atoms in total. The van der Waals surface area contributed by atoms with Crippen LogP contribution in [0.2, 0.25) is 0 Å². The molecule has 0 saturated heterocycles. The Morgan fingerprint density at radius 1 is 1.14 bits per heavy atom. The Morgan fingerprint density at radius 2 is 1.89 bits per heavy atom. The normalized spacial score (nSPS) is 11.2. The lowest BCUT2D eigenvalue weighted by Crippen LogP contribution is -2.07. The summed E-state index contributed by atoms with van der Waals surface area (Å²) in [5.74, 6) is -1.19. The first kappa shape index (κ1) is 23.6. The number of rotatable bonds is 6. The maximum atomic E-state index is 13.2. The number of hydrogen-bond acceptors (Lipinski definition) is 6. The number of halogens is 1. The minimum atomic E-state index is -0.602. The molecule has 4 rings (SSSR count). The van der Waals surface area contributed by atoms with Gasteiger partial charge in [-0.15, -0.1) is 0 Å². The van der Waals surface area contributed by atoms with Crippen LogP contribution in [0.3, 0.4) is 0 Å². The summed E-state index contributed by atoms with van der Waals surface area (Å²) in [6.45, 7) is 4.89. The van der Waals surface area contributed by atoms with E-state index in [1.807, 2.05) is 13.8 Å². The van der Waals surface area contributed by atoms with Crippen LogP contribution in [0, 0.1) is 19.7 Å². The van der Waals surface area contributed by atoms with Gasteiger partial charge in [-0.1, -0.05) is 0 Å². The second-order valence-corrected chi connectivity index (χ2v) is 7.90. The Hall–Kier alpha value is -4.53. The van der Waals surface area contributed by atoms with Crippen molar-refractivity contribution in [3.63, 3.8) is 0 Å². The van der Waals surface area contributed by atoms with Crippen LogP contribution in [0.15, 0.2) is 63.8 Å². The van der Waals surface area contributed by atoms with Gasteiger partial charge in [0.05, 0.1) is 11.4 Å². The largest absolute Gasteiger partial charge is 0.458 e. The zero-order valence-corrected chi connectivity index (χ0v) is 19.3. The van der Waals surface area contributed by atoms with Gasteiger partial charge < -0.3 is 14.5 Å². The summed E-state index contributed by atoms with van der Waals surface area (Å²) in [7, 11) is 0. The Labute approximate surface area is 199 Å². The molecule has 0 fully saturated rings. The molecule has 0 aliphatic carbocycles. The average molecular weight is 475 g/mol. The number of nitrogens with one attached hydrogen (secondary N) is 1. The maximum absolute atomic E-state index is 13.2. The van der Waals surface area contributed by atoms with Crippen molar-refractivity contribution in [2.75, 3.05) is 5.32 Å². The summed E-state index contributed by atoms with van der Waals surface area (Å²) in [6, 6.07) is 12.1. The van der Waals surface area contributed by atoms with Crippen molar-refractivity contribution in [1.29, 1.82) is 0 Å². The zero-order chi connectivity index (χ0) is 25.1. The molecule has 2 aromatic heterocycles. The smallest absolute Gasteiger partial charge is 0.336 e. The van der Waals surface area contributed by atoms with E-state index in [4.69, 9.17) is 9.15 Å². The number of amides is 1. The van der Waals surface area contributed by atoms with Crippen molar-refractivity contribution < 1.29 is 23.1 Å². The Morgan fingerprint density at radius 3 is 2.60 bits per heavy atom. The number of aromatic nitrogens is 2. The summed E-state index contributed by atoms with van der Waals surface area (Å²) >= 11 is 0. The van der Waals surface area contributed by atoms with Crippen LogP contribution < -0.4 is 10.9 Å². The Bertz CT molecular complexity index is 1520. The van der Waals surface area contributed by atoms with Gasteiger partial charge in [0.1, 0.15) is 18.0 Å². The molecule has 2 heterocycles.